The minimum Gasteiger partial charge on any atom is -0.480 e. The van der Waals surface area contributed by atoms with E-state index in [-0.39, 0.29) is 12.5 Å². The lowest BCUT2D eigenvalue weighted by atomic mass is 10.0. The molecule has 7 N–H and O–H groups in total. The third-order valence-electron chi connectivity index (χ3n) is 5.89. The van der Waals surface area contributed by atoms with Gasteiger partial charge < -0.3 is 40.3 Å². The van der Waals surface area contributed by atoms with E-state index in [1.54, 1.807) is 13.8 Å². The summed E-state index contributed by atoms with van der Waals surface area (Å²) >= 11 is 0. The second-order valence-corrected chi connectivity index (χ2v) is 9.20. The quantitative estimate of drug-likeness (QED) is 0.0438. The Morgan fingerprint density at radius 2 is 1.66 bits per heavy atom. The summed E-state index contributed by atoms with van der Waals surface area (Å²) in [5.74, 6) is -4.20. The van der Waals surface area contributed by atoms with E-state index in [9.17, 15) is 39.2 Å². The van der Waals surface area contributed by atoms with Crippen LogP contribution in [0.4, 0.5) is 0 Å². The molecule has 0 radical (unpaired) electrons. The molecule has 1 aromatic rings. The molecule has 0 bridgehead atoms. The number of nitrogens with one attached hydrogen (secondary N) is 1. The average molecular weight is 630 g/mol. The van der Waals surface area contributed by atoms with Crippen molar-refractivity contribution in [2.75, 3.05) is 19.8 Å². The molecule has 0 spiro atoms. The molecule has 2 unspecified atom stereocenters. The molecule has 1 aliphatic heterocycles. The molecule has 0 aromatic heterocycles. The summed E-state index contributed by atoms with van der Waals surface area (Å²) in [5.41, 5.74) is 1.10. The normalized spacial score (nSPS) is 16.7. The summed E-state index contributed by atoms with van der Waals surface area (Å²) < 4.78 is 5.14. The molecule has 5 atom stereocenters. The van der Waals surface area contributed by atoms with Crippen LogP contribution in [-0.2, 0) is 35.1 Å². The van der Waals surface area contributed by atoms with Crippen molar-refractivity contribution < 1.29 is 64.3 Å². The van der Waals surface area contributed by atoms with Gasteiger partial charge >= 0.3 is 30.1 Å². The maximum atomic E-state index is 12.7. The van der Waals surface area contributed by atoms with Crippen molar-refractivity contribution in [3.8, 4) is 0 Å². The molecule has 44 heavy (non-hydrogen) atoms. The highest BCUT2D eigenvalue weighted by atomic mass is 16.7. The summed E-state index contributed by atoms with van der Waals surface area (Å²) in [6, 6.07) is 7.69. The maximum Gasteiger partial charge on any atom is 0.341 e. The number of carboxylic acids is 3. The number of aliphatic hydroxyl groups is 3. The minimum atomic E-state index is -2.09. The van der Waals surface area contributed by atoms with Crippen LogP contribution in [0.3, 0.4) is 0 Å². The number of aliphatic hydroxyl groups excluding tert-OH is 3. The van der Waals surface area contributed by atoms with Crippen LogP contribution in [0.15, 0.2) is 42.5 Å². The number of nitro groups is 1. The number of carbonyl (C=O) groups is 5. The van der Waals surface area contributed by atoms with Gasteiger partial charge in [-0.3, -0.25) is 25.0 Å². The smallest absolute Gasteiger partial charge is 0.341 e. The molecule has 1 aliphatic rings. The summed E-state index contributed by atoms with van der Waals surface area (Å²) in [6.07, 6.45) is -0.379. The van der Waals surface area contributed by atoms with E-state index < -0.39 is 65.9 Å². The van der Waals surface area contributed by atoms with Crippen LogP contribution in [0.1, 0.15) is 38.7 Å². The van der Waals surface area contributed by atoms with E-state index in [1.807, 2.05) is 30.3 Å². The number of amides is 1. The molecule has 1 amide bonds. The van der Waals surface area contributed by atoms with Crippen LogP contribution in [0, 0.1) is 10.1 Å². The molecular formula is C27H39N3O14. The highest BCUT2D eigenvalue weighted by Gasteiger charge is 2.37. The Balaban J connectivity index is 0.000000890. The Morgan fingerprint density at radius 3 is 2.09 bits per heavy atom. The summed E-state index contributed by atoms with van der Waals surface area (Å²) in [7, 11) is 0. The number of nitrogens with zero attached hydrogens (tertiary/aromatic N) is 2. The van der Waals surface area contributed by atoms with Crippen LogP contribution in [-0.4, -0.2) is 120 Å². The summed E-state index contributed by atoms with van der Waals surface area (Å²) in [4.78, 5) is 65.3. The molecule has 0 saturated carbocycles. The van der Waals surface area contributed by atoms with Gasteiger partial charge in [0.1, 0.15) is 12.1 Å². The van der Waals surface area contributed by atoms with E-state index >= 15 is 0 Å². The molecule has 1 fully saturated rings. The summed E-state index contributed by atoms with van der Waals surface area (Å²) in [5, 5.41) is 62.2. The lowest BCUT2D eigenvalue weighted by Gasteiger charge is -2.27. The number of carboxylic acid groups (broad SMARTS) is 3. The Hall–Kier alpha value is -4.45. The third-order valence-corrected chi connectivity index (χ3v) is 5.89. The first-order chi connectivity index (χ1) is 20.7. The Morgan fingerprint density at radius 1 is 1.09 bits per heavy atom. The molecule has 246 valence electrons. The van der Waals surface area contributed by atoms with E-state index in [4.69, 9.17) is 30.3 Å². The first-order valence-corrected chi connectivity index (χ1v) is 13.4. The average Bonchev–Trinajstić information content (AvgIpc) is 3.48. The molecule has 17 nitrogen and oxygen atoms in total. The molecule has 1 aromatic carbocycles. The lowest BCUT2D eigenvalue weighted by molar-refractivity contribution is -0.583. The zero-order chi connectivity index (χ0) is 33.8. The van der Waals surface area contributed by atoms with Gasteiger partial charge in [-0.25, -0.2) is 14.4 Å². The number of benzene rings is 1. The zero-order valence-electron chi connectivity index (χ0n) is 24.2. The number of rotatable bonds is 14. The van der Waals surface area contributed by atoms with Crippen LogP contribution in [0.2, 0.25) is 0 Å². The second-order valence-electron chi connectivity index (χ2n) is 9.20. The van der Waals surface area contributed by atoms with Gasteiger partial charge in [0.05, 0.1) is 24.2 Å². The minimum absolute atomic E-state index is 0.262. The van der Waals surface area contributed by atoms with Crippen molar-refractivity contribution >= 4 is 29.8 Å². The largest absolute Gasteiger partial charge is 0.480 e. The Labute approximate surface area is 252 Å². The fraction of sp³-hybridized carbons (Fsp3) is 0.519. The van der Waals surface area contributed by atoms with Gasteiger partial charge in [0.2, 0.25) is 5.91 Å². The number of ether oxygens (including phenoxy) is 1. The molecule has 1 saturated heterocycles. The topological polar surface area (TPSA) is 274 Å². The van der Waals surface area contributed by atoms with Crippen molar-refractivity contribution in [3.63, 3.8) is 0 Å². The number of aliphatic carboxylic acids is 3. The highest BCUT2D eigenvalue weighted by Crippen LogP contribution is 2.19. The van der Waals surface area contributed by atoms with Gasteiger partial charge in [-0.05, 0) is 45.1 Å². The number of hydrogen-bond acceptors (Lipinski definition) is 12. The van der Waals surface area contributed by atoms with Crippen LogP contribution in [0.25, 0.3) is 0 Å². The van der Waals surface area contributed by atoms with E-state index in [1.165, 1.54) is 4.90 Å². The van der Waals surface area contributed by atoms with Crippen LogP contribution >= 0.6 is 0 Å². The number of esters is 1. The van der Waals surface area contributed by atoms with Crippen molar-refractivity contribution in [1.29, 1.82) is 0 Å². The predicted octanol–water partition coefficient (Wildman–Crippen LogP) is -0.749. The first-order valence-electron chi connectivity index (χ1n) is 13.4. The lowest BCUT2D eigenvalue weighted by Crippen LogP contribution is -2.53. The van der Waals surface area contributed by atoms with Gasteiger partial charge in [-0.1, -0.05) is 30.3 Å². The monoisotopic (exact) mass is 629 g/mol. The maximum absolute atomic E-state index is 12.7. The fourth-order valence-electron chi connectivity index (χ4n) is 3.75. The van der Waals surface area contributed by atoms with E-state index in [0.717, 1.165) is 5.56 Å². The van der Waals surface area contributed by atoms with Gasteiger partial charge in [0.25, 0.3) is 0 Å². The Bertz CT molecular complexity index is 1100. The van der Waals surface area contributed by atoms with Gasteiger partial charge in [0, 0.05) is 18.7 Å². The highest BCUT2D eigenvalue weighted by molar-refractivity contribution is 5.89. The van der Waals surface area contributed by atoms with E-state index in [2.05, 4.69) is 5.32 Å². The van der Waals surface area contributed by atoms with Gasteiger partial charge in [-0.15, -0.1) is 0 Å². The molecule has 17 heteroatoms. The Kier molecular flexibility index (Phi) is 19.1. The van der Waals surface area contributed by atoms with Gasteiger partial charge in [-0.2, -0.15) is 0 Å². The van der Waals surface area contributed by atoms with Crippen LogP contribution in [0.5, 0.6) is 0 Å². The zero-order valence-corrected chi connectivity index (χ0v) is 24.2. The predicted molar refractivity (Wildman–Crippen MR) is 151 cm³/mol. The van der Waals surface area contributed by atoms with Gasteiger partial charge in [0.15, 0.2) is 6.10 Å². The summed E-state index contributed by atoms with van der Waals surface area (Å²) in [6.45, 7) is 3.27. The van der Waals surface area contributed by atoms with Crippen molar-refractivity contribution in [3.05, 3.63) is 58.2 Å². The number of likely N-dealkylation sites (tertiary alicyclic amines) is 1. The number of carbonyl (C=O) groups excluding carboxylic acids is 2. The van der Waals surface area contributed by atoms with E-state index in [0.29, 0.717) is 44.4 Å². The fourth-order valence-corrected chi connectivity index (χ4v) is 3.75. The molecule has 2 rings (SSSR count). The van der Waals surface area contributed by atoms with Crippen LogP contribution < -0.4 is 5.32 Å². The SMILES string of the molecule is CCOC(=O)[C@H](CCc1ccccc1)N[C@@H](C)C(=O)N1CCC[C@H]1C(=O)O.O=C(O)C=CC(=O)O.O=[N+]([O-])C(O)C(O)CO. The van der Waals surface area contributed by atoms with Crippen molar-refractivity contribution in [1.82, 2.24) is 10.2 Å². The van der Waals surface area contributed by atoms with Crippen molar-refractivity contribution in [2.24, 2.45) is 0 Å². The van der Waals surface area contributed by atoms with Crippen molar-refractivity contribution in [2.45, 2.75) is 70.0 Å². The third kappa shape index (κ3) is 15.7. The number of hydrogen-bond donors (Lipinski definition) is 7. The second kappa shape index (κ2) is 21.3. The molecule has 1 heterocycles. The standard InChI is InChI=1S/C20H28N2O5.C4H4O4.C3H7NO5/c1-3-27-20(26)16(12-11-15-8-5-4-6-9-15)21-14(2)18(23)22-13-7-10-17(22)19(24)25;5-3(6)1-2-4(7)8;5-1-2(6)3(7)4(8)9/h4-6,8-9,14,16-17,21H,3,7,10-13H2,1-2H3,(H,24,25);1-2H,(H,5,6)(H,7,8);2-3,5-7H,1H2/t14-,16-,17-;;/m0../s1. The first kappa shape index (κ1) is 39.5. The number of aryl methyl sites for hydroxylation is 1. The molecular weight excluding hydrogens is 590 g/mol. The molecule has 0 aliphatic carbocycles.